The summed E-state index contributed by atoms with van der Waals surface area (Å²) in [4.78, 5) is 27.8. The number of rotatable bonds is 7. The number of amides is 1. The Morgan fingerprint density at radius 1 is 1.26 bits per heavy atom. The molecule has 0 radical (unpaired) electrons. The second-order valence-corrected chi connectivity index (χ2v) is 7.87. The SMILES string of the molecule is COc1ccc(-c2ccc(C=C(C#N)C(=O)Nc3nc(-c4ccc(F)cc4)cs3)o2)c([N+](=O)[O-])c1. The topological polar surface area (TPSA) is 131 Å². The number of ether oxygens (including phenoxy) is 1. The van der Waals surface area contributed by atoms with E-state index in [1.165, 1.54) is 49.6 Å². The van der Waals surface area contributed by atoms with Crippen LogP contribution in [0.4, 0.5) is 15.2 Å². The normalized spacial score (nSPS) is 11.1. The van der Waals surface area contributed by atoms with Gasteiger partial charge in [0.05, 0.1) is 29.4 Å². The third kappa shape index (κ3) is 5.23. The van der Waals surface area contributed by atoms with Gasteiger partial charge in [0.2, 0.25) is 0 Å². The Bertz CT molecular complexity index is 1480. The van der Waals surface area contributed by atoms with Crippen molar-refractivity contribution in [2.45, 2.75) is 0 Å². The number of hydrogen-bond acceptors (Lipinski definition) is 8. The fraction of sp³-hybridized carbons (Fsp3) is 0.0417. The van der Waals surface area contributed by atoms with Gasteiger partial charge in [-0.2, -0.15) is 5.26 Å². The number of nitro benzene ring substituents is 1. The summed E-state index contributed by atoms with van der Waals surface area (Å²) < 4.78 is 23.8. The Morgan fingerprint density at radius 3 is 2.71 bits per heavy atom. The van der Waals surface area contributed by atoms with E-state index in [0.29, 0.717) is 17.0 Å². The zero-order valence-corrected chi connectivity index (χ0v) is 18.8. The van der Waals surface area contributed by atoms with Crippen LogP contribution in [0.2, 0.25) is 0 Å². The third-order valence-corrected chi connectivity index (χ3v) is 5.57. The van der Waals surface area contributed by atoms with Gasteiger partial charge in [0.15, 0.2) is 5.13 Å². The van der Waals surface area contributed by atoms with E-state index in [0.717, 1.165) is 11.3 Å². The second-order valence-electron chi connectivity index (χ2n) is 7.01. The number of aromatic nitrogens is 1. The molecule has 0 unspecified atom stereocenters. The molecule has 0 bridgehead atoms. The molecule has 0 saturated heterocycles. The van der Waals surface area contributed by atoms with E-state index in [-0.39, 0.29) is 39.3 Å². The van der Waals surface area contributed by atoms with Gasteiger partial charge in [-0.25, -0.2) is 9.37 Å². The van der Waals surface area contributed by atoms with Crippen LogP contribution < -0.4 is 10.1 Å². The Hall–Kier alpha value is -4.82. The summed E-state index contributed by atoms with van der Waals surface area (Å²) in [5.41, 5.74) is 0.968. The lowest BCUT2D eigenvalue weighted by molar-refractivity contribution is -0.384. The van der Waals surface area contributed by atoms with E-state index in [1.54, 1.807) is 23.6 Å². The van der Waals surface area contributed by atoms with E-state index in [4.69, 9.17) is 9.15 Å². The maximum Gasteiger partial charge on any atom is 0.284 e. The molecule has 0 aliphatic carbocycles. The number of halogens is 1. The Morgan fingerprint density at radius 2 is 2.03 bits per heavy atom. The maximum absolute atomic E-state index is 13.1. The number of furan rings is 1. The van der Waals surface area contributed by atoms with Gasteiger partial charge < -0.3 is 9.15 Å². The lowest BCUT2D eigenvalue weighted by Crippen LogP contribution is -2.13. The lowest BCUT2D eigenvalue weighted by Gasteiger charge is -2.03. The third-order valence-electron chi connectivity index (χ3n) is 4.81. The monoisotopic (exact) mass is 490 g/mol. The first kappa shape index (κ1) is 23.3. The summed E-state index contributed by atoms with van der Waals surface area (Å²) in [7, 11) is 1.40. The van der Waals surface area contributed by atoms with Gasteiger partial charge in [0, 0.05) is 17.0 Å². The van der Waals surface area contributed by atoms with Crippen LogP contribution in [0.3, 0.4) is 0 Å². The molecule has 1 N–H and O–H groups in total. The molecular formula is C24H15FN4O5S. The van der Waals surface area contributed by atoms with Gasteiger partial charge in [-0.3, -0.25) is 20.2 Å². The molecule has 4 aromatic rings. The molecule has 2 aromatic carbocycles. The van der Waals surface area contributed by atoms with Gasteiger partial charge in [0.25, 0.3) is 11.6 Å². The van der Waals surface area contributed by atoms with Crippen LogP contribution >= 0.6 is 11.3 Å². The first-order chi connectivity index (χ1) is 16.9. The average Bonchev–Trinajstić information content (AvgIpc) is 3.52. The maximum atomic E-state index is 13.1. The fourth-order valence-electron chi connectivity index (χ4n) is 3.11. The van der Waals surface area contributed by atoms with Crippen molar-refractivity contribution in [2.75, 3.05) is 12.4 Å². The largest absolute Gasteiger partial charge is 0.497 e. The Kier molecular flexibility index (Phi) is 6.66. The summed E-state index contributed by atoms with van der Waals surface area (Å²) >= 11 is 1.15. The molecule has 1 amide bonds. The Labute approximate surface area is 201 Å². The average molecular weight is 490 g/mol. The molecule has 0 aliphatic rings. The zero-order valence-electron chi connectivity index (χ0n) is 18.0. The highest BCUT2D eigenvalue weighted by molar-refractivity contribution is 7.14. The van der Waals surface area contributed by atoms with Crippen LogP contribution in [0.5, 0.6) is 5.75 Å². The molecule has 9 nitrogen and oxygen atoms in total. The fourth-order valence-corrected chi connectivity index (χ4v) is 3.83. The molecule has 11 heteroatoms. The first-order valence-corrected chi connectivity index (χ1v) is 10.8. The van der Waals surface area contributed by atoms with E-state index in [9.17, 15) is 24.6 Å². The highest BCUT2D eigenvalue weighted by atomic mass is 32.1. The highest BCUT2D eigenvalue weighted by Crippen LogP contribution is 2.34. The van der Waals surface area contributed by atoms with Gasteiger partial charge in [0.1, 0.15) is 34.7 Å². The quantitative estimate of drug-likeness (QED) is 0.153. The van der Waals surface area contributed by atoms with Crippen molar-refractivity contribution in [1.29, 1.82) is 5.26 Å². The van der Waals surface area contributed by atoms with E-state index < -0.39 is 10.8 Å². The number of nitrogens with one attached hydrogen (secondary N) is 1. The standard InChI is InChI=1S/C24H15FN4O5S/c1-33-17-6-8-19(21(11-17)29(31)32)22-9-7-18(34-22)10-15(12-26)23(30)28-24-27-20(13-35-24)14-2-4-16(25)5-3-14/h2-11,13H,1H3,(H,27,28,30). The number of carbonyl (C=O) groups is 1. The van der Waals surface area contributed by atoms with E-state index >= 15 is 0 Å². The molecular weight excluding hydrogens is 475 g/mol. The summed E-state index contributed by atoms with van der Waals surface area (Å²) in [5, 5.41) is 25.4. The molecule has 2 heterocycles. The molecule has 4 rings (SSSR count). The number of nitriles is 1. The summed E-state index contributed by atoms with van der Waals surface area (Å²) in [5.74, 6) is -0.416. The molecule has 0 atom stereocenters. The molecule has 2 aromatic heterocycles. The number of nitrogens with zero attached hydrogens (tertiary/aromatic N) is 3. The predicted molar refractivity (Wildman–Crippen MR) is 127 cm³/mol. The van der Waals surface area contributed by atoms with Crippen molar-refractivity contribution < 1.29 is 23.3 Å². The van der Waals surface area contributed by atoms with Gasteiger partial charge >= 0.3 is 0 Å². The number of benzene rings is 2. The number of methoxy groups -OCH3 is 1. The number of nitro groups is 1. The summed E-state index contributed by atoms with van der Waals surface area (Å²) in [6.07, 6.45) is 1.22. The van der Waals surface area contributed by atoms with Crippen LogP contribution in [-0.2, 0) is 4.79 Å². The Balaban J connectivity index is 1.53. The van der Waals surface area contributed by atoms with E-state index in [2.05, 4.69) is 10.3 Å². The molecule has 0 saturated carbocycles. The van der Waals surface area contributed by atoms with Crippen molar-refractivity contribution in [3.05, 3.63) is 87.2 Å². The minimum atomic E-state index is -0.708. The number of carbonyl (C=O) groups excluding carboxylic acids is 1. The smallest absolute Gasteiger partial charge is 0.284 e. The molecule has 174 valence electrons. The lowest BCUT2D eigenvalue weighted by atomic mass is 10.1. The van der Waals surface area contributed by atoms with Crippen LogP contribution in [0, 0.1) is 27.3 Å². The highest BCUT2D eigenvalue weighted by Gasteiger charge is 2.20. The summed E-state index contributed by atoms with van der Waals surface area (Å²) in [6.45, 7) is 0. The molecule has 0 spiro atoms. The van der Waals surface area contributed by atoms with Crippen LogP contribution in [0.15, 0.2) is 70.0 Å². The van der Waals surface area contributed by atoms with Crippen molar-refractivity contribution in [3.8, 4) is 34.4 Å². The molecule has 35 heavy (non-hydrogen) atoms. The zero-order chi connectivity index (χ0) is 24.9. The van der Waals surface area contributed by atoms with Crippen molar-refractivity contribution in [3.63, 3.8) is 0 Å². The van der Waals surface area contributed by atoms with Gasteiger partial charge in [-0.05, 0) is 48.5 Å². The minimum absolute atomic E-state index is 0.156. The molecule has 0 fully saturated rings. The van der Waals surface area contributed by atoms with Crippen LogP contribution in [0.25, 0.3) is 28.7 Å². The van der Waals surface area contributed by atoms with Gasteiger partial charge in [-0.1, -0.05) is 0 Å². The number of thiazole rings is 1. The van der Waals surface area contributed by atoms with Crippen LogP contribution in [-0.4, -0.2) is 22.9 Å². The molecule has 0 aliphatic heterocycles. The number of anilines is 1. The number of hydrogen-bond donors (Lipinski definition) is 1. The first-order valence-electron chi connectivity index (χ1n) is 9.95. The van der Waals surface area contributed by atoms with Gasteiger partial charge in [-0.15, -0.1) is 11.3 Å². The van der Waals surface area contributed by atoms with E-state index in [1.807, 2.05) is 6.07 Å². The van der Waals surface area contributed by atoms with Crippen LogP contribution in [0.1, 0.15) is 5.76 Å². The second kappa shape index (κ2) is 9.98. The van der Waals surface area contributed by atoms with Crippen molar-refractivity contribution >= 4 is 34.1 Å². The summed E-state index contributed by atoms with van der Waals surface area (Å²) in [6, 6.07) is 14.9. The predicted octanol–water partition coefficient (Wildman–Crippen LogP) is 5.67. The van der Waals surface area contributed by atoms with Crippen molar-refractivity contribution in [2.24, 2.45) is 0 Å². The minimum Gasteiger partial charge on any atom is -0.497 e. The van der Waals surface area contributed by atoms with Crippen molar-refractivity contribution in [1.82, 2.24) is 4.98 Å².